The molecule has 0 saturated heterocycles. The van der Waals surface area contributed by atoms with Crippen LogP contribution in [0.1, 0.15) is 12.5 Å². The van der Waals surface area contributed by atoms with Crippen LogP contribution >= 0.6 is 23.2 Å². The first-order valence-electron chi connectivity index (χ1n) is 7.43. The van der Waals surface area contributed by atoms with Gasteiger partial charge in [0.2, 0.25) is 0 Å². The van der Waals surface area contributed by atoms with Crippen LogP contribution in [0.3, 0.4) is 0 Å². The molecule has 2 aromatic rings. The Balaban J connectivity index is 2.14. The molecule has 0 fully saturated rings. The number of nitrogens with zero attached hydrogens (tertiary/aromatic N) is 1. The van der Waals surface area contributed by atoms with Crippen molar-refractivity contribution >= 4 is 52.6 Å². The molecule has 0 saturated carbocycles. The smallest absolute Gasteiger partial charge is 0.329 e. The molecule has 25 heavy (non-hydrogen) atoms. The van der Waals surface area contributed by atoms with Crippen LogP contribution in [0.2, 0.25) is 10.0 Å². The predicted molar refractivity (Wildman–Crippen MR) is 101 cm³/mol. The number of benzene rings is 2. The van der Waals surface area contributed by atoms with Crippen molar-refractivity contribution in [2.75, 3.05) is 11.9 Å². The Morgan fingerprint density at radius 1 is 1.08 bits per heavy atom. The van der Waals surface area contributed by atoms with Crippen molar-refractivity contribution in [2.45, 2.75) is 6.92 Å². The summed E-state index contributed by atoms with van der Waals surface area (Å²) < 4.78 is 0. The molecule has 0 aromatic heterocycles. The predicted octanol–water partition coefficient (Wildman–Crippen LogP) is 3.32. The van der Waals surface area contributed by atoms with Gasteiger partial charge in [0.05, 0.1) is 6.21 Å². The van der Waals surface area contributed by atoms with E-state index in [1.165, 1.54) is 6.21 Å². The van der Waals surface area contributed by atoms with Crippen LogP contribution in [0.5, 0.6) is 0 Å². The minimum absolute atomic E-state index is 0.359. The van der Waals surface area contributed by atoms with Gasteiger partial charge in [-0.3, -0.25) is 9.59 Å². The zero-order chi connectivity index (χ0) is 18.2. The first kappa shape index (κ1) is 18.8. The Morgan fingerprint density at radius 3 is 2.56 bits per heavy atom. The van der Waals surface area contributed by atoms with Crippen molar-refractivity contribution in [2.24, 2.45) is 5.10 Å². The molecule has 0 aliphatic carbocycles. The number of carbonyl (C=O) groups excluding carboxylic acids is 2. The van der Waals surface area contributed by atoms with E-state index in [0.717, 1.165) is 5.69 Å². The van der Waals surface area contributed by atoms with E-state index in [1.807, 2.05) is 12.1 Å². The van der Waals surface area contributed by atoms with Gasteiger partial charge in [-0.05, 0) is 43.3 Å². The van der Waals surface area contributed by atoms with Crippen molar-refractivity contribution in [3.05, 3.63) is 58.1 Å². The maximum absolute atomic E-state index is 11.5. The molecule has 0 atom stereocenters. The molecular weight excluding hydrogens is 363 g/mol. The monoisotopic (exact) mass is 378 g/mol. The summed E-state index contributed by atoms with van der Waals surface area (Å²) in [6.45, 7) is 2.08. The van der Waals surface area contributed by atoms with Crippen molar-refractivity contribution in [3.63, 3.8) is 0 Å². The van der Waals surface area contributed by atoms with Crippen LogP contribution in [0, 0.1) is 0 Å². The number of nitrogens with one attached hydrogen (secondary N) is 3. The quantitative estimate of drug-likeness (QED) is 0.423. The van der Waals surface area contributed by atoms with Gasteiger partial charge in [0, 0.05) is 33.5 Å². The van der Waals surface area contributed by atoms with Crippen LogP contribution in [-0.2, 0) is 9.59 Å². The number of rotatable bonds is 5. The largest absolute Gasteiger partial charge is 0.355 e. The highest BCUT2D eigenvalue weighted by Crippen LogP contribution is 2.24. The van der Waals surface area contributed by atoms with Crippen LogP contribution in [0.25, 0.3) is 0 Å². The number of hydrogen-bond donors (Lipinski definition) is 3. The Kier molecular flexibility index (Phi) is 6.80. The summed E-state index contributed by atoms with van der Waals surface area (Å²) >= 11 is 12.0. The van der Waals surface area contributed by atoms with Crippen LogP contribution in [-0.4, -0.2) is 24.6 Å². The third-order valence-corrected chi connectivity index (χ3v) is 3.50. The maximum atomic E-state index is 11.5. The highest BCUT2D eigenvalue weighted by atomic mass is 35.5. The van der Waals surface area contributed by atoms with Gasteiger partial charge >= 0.3 is 11.8 Å². The third kappa shape index (κ3) is 5.77. The Hall–Kier alpha value is -2.57. The van der Waals surface area contributed by atoms with E-state index in [1.54, 1.807) is 37.3 Å². The maximum Gasteiger partial charge on any atom is 0.329 e. The van der Waals surface area contributed by atoms with Gasteiger partial charge in [-0.1, -0.05) is 29.3 Å². The van der Waals surface area contributed by atoms with E-state index < -0.39 is 11.8 Å². The second-order valence-electron chi connectivity index (χ2n) is 4.93. The number of hydrogen-bond acceptors (Lipinski definition) is 4. The summed E-state index contributed by atoms with van der Waals surface area (Å²) in [5, 5.41) is 10.5. The first-order chi connectivity index (χ1) is 12.0. The molecule has 2 rings (SSSR count). The molecule has 6 nitrogen and oxygen atoms in total. The van der Waals surface area contributed by atoms with Gasteiger partial charge in [0.15, 0.2) is 0 Å². The van der Waals surface area contributed by atoms with Crippen molar-refractivity contribution in [1.82, 2.24) is 10.7 Å². The molecule has 2 aromatic carbocycles. The number of carbonyl (C=O) groups is 2. The minimum Gasteiger partial charge on any atom is -0.355 e. The second-order valence-corrected chi connectivity index (χ2v) is 5.80. The fourth-order valence-corrected chi connectivity index (χ4v) is 2.30. The second kappa shape index (κ2) is 9.05. The summed E-state index contributed by atoms with van der Waals surface area (Å²) in [6.07, 6.45) is 1.40. The zero-order valence-corrected chi connectivity index (χ0v) is 14.9. The van der Waals surface area contributed by atoms with Crippen LogP contribution in [0.4, 0.5) is 11.4 Å². The Labute approximate surface area is 155 Å². The lowest BCUT2D eigenvalue weighted by Crippen LogP contribution is -2.37. The summed E-state index contributed by atoms with van der Waals surface area (Å²) in [4.78, 5) is 22.8. The van der Waals surface area contributed by atoms with E-state index in [-0.39, 0.29) is 0 Å². The molecule has 0 aliphatic heterocycles. The molecule has 0 spiro atoms. The van der Waals surface area contributed by atoms with Crippen molar-refractivity contribution in [1.29, 1.82) is 0 Å². The summed E-state index contributed by atoms with van der Waals surface area (Å²) in [5.41, 5.74) is 4.29. The standard InChI is InChI=1S/C17H16Cl2N4O2/c1-2-20-16(24)17(25)23-21-10-11-8-13(19)6-7-15(11)22-14-5-3-4-12(18)9-14/h3-10,22H,2H2,1H3,(H,20,24)(H,23,25)/b21-10-. The number of anilines is 2. The summed E-state index contributed by atoms with van der Waals surface area (Å²) in [5.74, 6) is -1.59. The molecule has 130 valence electrons. The Bertz CT molecular complexity index is 809. The molecule has 0 heterocycles. The van der Waals surface area contributed by atoms with Gasteiger partial charge in [-0.2, -0.15) is 5.10 Å². The van der Waals surface area contributed by atoms with Gasteiger partial charge in [-0.15, -0.1) is 0 Å². The molecule has 8 heteroatoms. The minimum atomic E-state index is -0.843. The number of likely N-dealkylation sites (N-methyl/N-ethyl adjacent to an activating group) is 1. The molecule has 0 aliphatic rings. The van der Waals surface area contributed by atoms with Gasteiger partial charge in [-0.25, -0.2) is 5.43 Å². The average molecular weight is 379 g/mol. The van der Waals surface area contributed by atoms with Gasteiger partial charge in [0.1, 0.15) is 0 Å². The van der Waals surface area contributed by atoms with Crippen molar-refractivity contribution in [3.8, 4) is 0 Å². The number of amides is 2. The lowest BCUT2D eigenvalue weighted by molar-refractivity contribution is -0.139. The first-order valence-corrected chi connectivity index (χ1v) is 8.18. The molecule has 2 amide bonds. The number of hydrazone groups is 1. The highest BCUT2D eigenvalue weighted by Gasteiger charge is 2.10. The van der Waals surface area contributed by atoms with E-state index in [2.05, 4.69) is 21.2 Å². The van der Waals surface area contributed by atoms with E-state index in [4.69, 9.17) is 23.2 Å². The highest BCUT2D eigenvalue weighted by molar-refractivity contribution is 6.35. The van der Waals surface area contributed by atoms with E-state index >= 15 is 0 Å². The topological polar surface area (TPSA) is 82.6 Å². The van der Waals surface area contributed by atoms with Gasteiger partial charge < -0.3 is 10.6 Å². The van der Waals surface area contributed by atoms with Crippen molar-refractivity contribution < 1.29 is 9.59 Å². The van der Waals surface area contributed by atoms with Crippen LogP contribution in [0.15, 0.2) is 47.6 Å². The summed E-state index contributed by atoms with van der Waals surface area (Å²) in [6, 6.07) is 12.4. The van der Waals surface area contributed by atoms with E-state index in [9.17, 15) is 9.59 Å². The zero-order valence-electron chi connectivity index (χ0n) is 13.3. The number of halogens is 2. The lowest BCUT2D eigenvalue weighted by atomic mass is 10.2. The molecular formula is C17H16Cl2N4O2. The SMILES string of the molecule is CCNC(=O)C(=O)N/N=C\c1cc(Cl)ccc1Nc1cccc(Cl)c1. The lowest BCUT2D eigenvalue weighted by Gasteiger charge is -2.10. The average Bonchev–Trinajstić information content (AvgIpc) is 2.57. The Morgan fingerprint density at radius 2 is 1.84 bits per heavy atom. The molecule has 0 unspecified atom stereocenters. The fraction of sp³-hybridized carbons (Fsp3) is 0.118. The third-order valence-electron chi connectivity index (χ3n) is 3.03. The molecule has 0 bridgehead atoms. The van der Waals surface area contributed by atoms with Gasteiger partial charge in [0.25, 0.3) is 0 Å². The molecule has 0 radical (unpaired) electrons. The fourth-order valence-electron chi connectivity index (χ4n) is 1.93. The molecule has 3 N–H and O–H groups in total. The van der Waals surface area contributed by atoms with E-state index in [0.29, 0.717) is 27.8 Å². The normalized spacial score (nSPS) is 10.5. The summed E-state index contributed by atoms with van der Waals surface area (Å²) in [7, 11) is 0. The van der Waals surface area contributed by atoms with Crippen LogP contribution < -0.4 is 16.1 Å².